The van der Waals surface area contributed by atoms with Crippen LogP contribution in [0.4, 0.5) is 4.79 Å². The fourth-order valence-electron chi connectivity index (χ4n) is 1.96. The summed E-state index contributed by atoms with van der Waals surface area (Å²) in [5, 5.41) is 0. The van der Waals surface area contributed by atoms with E-state index in [0.717, 1.165) is 4.90 Å². The monoisotopic (exact) mass is 212 g/mol. The summed E-state index contributed by atoms with van der Waals surface area (Å²) >= 11 is 0. The summed E-state index contributed by atoms with van der Waals surface area (Å²) < 4.78 is 4.62. The van der Waals surface area contributed by atoms with Crippen molar-refractivity contribution in [2.24, 2.45) is 0 Å². The van der Waals surface area contributed by atoms with Crippen molar-refractivity contribution < 1.29 is 19.1 Å². The van der Waals surface area contributed by atoms with Crippen molar-refractivity contribution in [3.8, 4) is 0 Å². The normalized spacial score (nSPS) is 26.1. The average molecular weight is 212 g/mol. The van der Waals surface area contributed by atoms with E-state index in [1.54, 1.807) is 4.90 Å². The number of carbonyl (C=O) groups is 3. The summed E-state index contributed by atoms with van der Waals surface area (Å²) in [6.07, 6.45) is 0.0517. The van der Waals surface area contributed by atoms with Gasteiger partial charge in [0.25, 0.3) is 5.91 Å². The number of hydrogen-bond acceptors (Lipinski definition) is 4. The van der Waals surface area contributed by atoms with Gasteiger partial charge in [0.15, 0.2) is 6.61 Å². The molecule has 0 aromatic rings. The van der Waals surface area contributed by atoms with E-state index < -0.39 is 6.09 Å². The molecule has 15 heavy (non-hydrogen) atoms. The van der Waals surface area contributed by atoms with E-state index in [4.69, 9.17) is 0 Å². The molecular formula is C9H12N2O4. The van der Waals surface area contributed by atoms with Crippen LogP contribution in [-0.4, -0.2) is 53.4 Å². The van der Waals surface area contributed by atoms with E-state index in [2.05, 4.69) is 4.74 Å². The molecule has 0 aromatic carbocycles. The van der Waals surface area contributed by atoms with Gasteiger partial charge in [-0.3, -0.25) is 9.59 Å². The van der Waals surface area contributed by atoms with Crippen molar-refractivity contribution in [3.63, 3.8) is 0 Å². The summed E-state index contributed by atoms with van der Waals surface area (Å²) in [6, 6.07) is -0.212. The summed E-state index contributed by atoms with van der Waals surface area (Å²) in [5.74, 6) is -0.340. The molecule has 6 heteroatoms. The van der Waals surface area contributed by atoms with Crippen LogP contribution in [-0.2, 0) is 14.3 Å². The molecule has 0 N–H and O–H groups in total. The summed E-state index contributed by atoms with van der Waals surface area (Å²) in [7, 11) is 0. The Kier molecular flexibility index (Phi) is 2.34. The summed E-state index contributed by atoms with van der Waals surface area (Å²) in [4.78, 5) is 36.4. The molecule has 0 radical (unpaired) electrons. The summed E-state index contributed by atoms with van der Waals surface area (Å²) in [5.41, 5.74) is 0. The highest BCUT2D eigenvalue weighted by Gasteiger charge is 2.40. The number of ether oxygens (including phenoxy) is 1. The number of cyclic esters (lactones) is 1. The van der Waals surface area contributed by atoms with Gasteiger partial charge in [-0.15, -0.1) is 0 Å². The van der Waals surface area contributed by atoms with Crippen LogP contribution in [0.25, 0.3) is 0 Å². The maximum absolute atomic E-state index is 11.3. The number of carbonyl (C=O) groups excluding carboxylic acids is 3. The van der Waals surface area contributed by atoms with Crippen LogP contribution >= 0.6 is 0 Å². The first-order valence-corrected chi connectivity index (χ1v) is 4.84. The number of rotatable bonds is 1. The summed E-state index contributed by atoms with van der Waals surface area (Å²) in [6.45, 7) is 2.33. The maximum Gasteiger partial charge on any atom is 0.417 e. The number of likely N-dealkylation sites (tertiary alicyclic amines) is 1. The van der Waals surface area contributed by atoms with Gasteiger partial charge in [0.1, 0.15) is 0 Å². The Hall–Kier alpha value is -1.59. The molecule has 0 aliphatic carbocycles. The fraction of sp³-hybridized carbons (Fsp3) is 0.667. The third kappa shape index (κ3) is 1.67. The number of imide groups is 1. The molecule has 0 spiro atoms. The zero-order valence-electron chi connectivity index (χ0n) is 8.43. The van der Waals surface area contributed by atoms with Crippen LogP contribution in [0.1, 0.15) is 13.3 Å². The molecule has 2 heterocycles. The first-order chi connectivity index (χ1) is 7.09. The minimum atomic E-state index is -0.588. The molecule has 3 amide bonds. The second kappa shape index (κ2) is 3.52. The van der Waals surface area contributed by atoms with E-state index in [1.165, 1.54) is 6.92 Å². The Morgan fingerprint density at radius 1 is 1.47 bits per heavy atom. The molecule has 82 valence electrons. The molecule has 1 atom stereocenters. The molecule has 2 aliphatic rings. The first kappa shape index (κ1) is 9.95. The van der Waals surface area contributed by atoms with E-state index in [1.807, 2.05) is 0 Å². The number of nitrogens with zero attached hydrogens (tertiary/aromatic N) is 2. The fourth-order valence-corrected chi connectivity index (χ4v) is 1.96. The van der Waals surface area contributed by atoms with Crippen LogP contribution in [0.3, 0.4) is 0 Å². The smallest absolute Gasteiger partial charge is 0.417 e. The zero-order chi connectivity index (χ0) is 11.0. The van der Waals surface area contributed by atoms with E-state index in [9.17, 15) is 14.4 Å². The molecule has 2 rings (SSSR count). The van der Waals surface area contributed by atoms with Crippen molar-refractivity contribution in [2.75, 3.05) is 19.7 Å². The SMILES string of the molecule is CC(=O)N1CCC(N2C(=O)COC2=O)C1. The van der Waals surface area contributed by atoms with Gasteiger partial charge in [-0.05, 0) is 6.42 Å². The molecule has 1 unspecified atom stereocenters. The molecule has 6 nitrogen and oxygen atoms in total. The predicted octanol–water partition coefficient (Wildman–Crippen LogP) is -0.414. The second-order valence-corrected chi connectivity index (χ2v) is 3.73. The molecule has 0 bridgehead atoms. The van der Waals surface area contributed by atoms with Crippen LogP contribution in [0.2, 0.25) is 0 Å². The van der Waals surface area contributed by atoms with Crippen molar-refractivity contribution in [3.05, 3.63) is 0 Å². The highest BCUT2D eigenvalue weighted by molar-refractivity contribution is 5.98. The van der Waals surface area contributed by atoms with Gasteiger partial charge in [0.05, 0.1) is 6.04 Å². The van der Waals surface area contributed by atoms with E-state index in [-0.39, 0.29) is 24.5 Å². The predicted molar refractivity (Wildman–Crippen MR) is 48.9 cm³/mol. The Labute approximate surface area is 86.8 Å². The third-order valence-electron chi connectivity index (χ3n) is 2.76. The van der Waals surface area contributed by atoms with Gasteiger partial charge >= 0.3 is 6.09 Å². The van der Waals surface area contributed by atoms with Gasteiger partial charge in [0, 0.05) is 20.0 Å². The van der Waals surface area contributed by atoms with Crippen molar-refractivity contribution in [1.29, 1.82) is 0 Å². The molecule has 2 saturated heterocycles. The molecule has 0 saturated carbocycles. The van der Waals surface area contributed by atoms with Crippen molar-refractivity contribution in [2.45, 2.75) is 19.4 Å². The van der Waals surface area contributed by atoms with Gasteiger partial charge in [-0.1, -0.05) is 0 Å². The second-order valence-electron chi connectivity index (χ2n) is 3.73. The van der Waals surface area contributed by atoms with Crippen LogP contribution in [0.5, 0.6) is 0 Å². The Morgan fingerprint density at radius 3 is 2.67 bits per heavy atom. The van der Waals surface area contributed by atoms with Gasteiger partial charge in [0.2, 0.25) is 5.91 Å². The highest BCUT2D eigenvalue weighted by Crippen LogP contribution is 2.19. The maximum atomic E-state index is 11.3. The standard InChI is InChI=1S/C9H12N2O4/c1-6(12)10-3-2-7(4-10)11-8(13)5-15-9(11)14/h7H,2-5H2,1H3. The van der Waals surface area contributed by atoms with Crippen LogP contribution in [0, 0.1) is 0 Å². The topological polar surface area (TPSA) is 66.9 Å². The lowest BCUT2D eigenvalue weighted by Gasteiger charge is -2.19. The number of hydrogen-bond donors (Lipinski definition) is 0. The average Bonchev–Trinajstić information content (AvgIpc) is 2.73. The third-order valence-corrected chi connectivity index (χ3v) is 2.76. The van der Waals surface area contributed by atoms with Crippen LogP contribution in [0.15, 0.2) is 0 Å². The highest BCUT2D eigenvalue weighted by atomic mass is 16.6. The van der Waals surface area contributed by atoms with Crippen LogP contribution < -0.4 is 0 Å². The molecular weight excluding hydrogens is 200 g/mol. The van der Waals surface area contributed by atoms with Gasteiger partial charge < -0.3 is 9.64 Å². The lowest BCUT2D eigenvalue weighted by Crippen LogP contribution is -2.41. The molecule has 2 fully saturated rings. The first-order valence-electron chi connectivity index (χ1n) is 4.84. The zero-order valence-corrected chi connectivity index (χ0v) is 8.43. The Balaban J connectivity index is 2.04. The molecule has 2 aliphatic heterocycles. The van der Waals surface area contributed by atoms with E-state index >= 15 is 0 Å². The van der Waals surface area contributed by atoms with Gasteiger partial charge in [-0.2, -0.15) is 0 Å². The Morgan fingerprint density at radius 2 is 2.20 bits per heavy atom. The number of amides is 3. The minimum absolute atomic E-state index is 0.0301. The Bertz CT molecular complexity index is 312. The van der Waals surface area contributed by atoms with Gasteiger partial charge in [-0.25, -0.2) is 9.69 Å². The largest absolute Gasteiger partial charge is 0.439 e. The lowest BCUT2D eigenvalue weighted by atomic mass is 10.2. The quantitative estimate of drug-likeness (QED) is 0.592. The minimum Gasteiger partial charge on any atom is -0.439 e. The van der Waals surface area contributed by atoms with Crippen molar-refractivity contribution in [1.82, 2.24) is 9.80 Å². The van der Waals surface area contributed by atoms with E-state index in [0.29, 0.717) is 19.5 Å². The lowest BCUT2D eigenvalue weighted by molar-refractivity contribution is -0.130. The van der Waals surface area contributed by atoms with Crippen molar-refractivity contribution >= 4 is 17.9 Å². The molecule has 0 aromatic heterocycles.